The topological polar surface area (TPSA) is 111 Å². The maximum absolute atomic E-state index is 12.8. The first-order valence-electron chi connectivity index (χ1n) is 12.3. The molecule has 36 heavy (non-hydrogen) atoms. The van der Waals surface area contributed by atoms with Crippen molar-refractivity contribution in [1.82, 2.24) is 20.4 Å². The molecular formula is C27H29N5O3S. The highest BCUT2D eigenvalue weighted by Gasteiger charge is 2.30. The number of fused-ring (bicyclic) bond motifs is 1. The monoisotopic (exact) mass is 503 g/mol. The quantitative estimate of drug-likeness (QED) is 0.523. The number of ether oxygens (including phenoxy) is 1. The minimum Gasteiger partial charge on any atom is -0.490 e. The van der Waals surface area contributed by atoms with E-state index >= 15 is 0 Å². The van der Waals surface area contributed by atoms with Crippen molar-refractivity contribution in [3.63, 3.8) is 0 Å². The lowest BCUT2D eigenvalue weighted by Gasteiger charge is -2.31. The Balaban J connectivity index is 1.36. The van der Waals surface area contributed by atoms with Gasteiger partial charge in [-0.05, 0) is 68.9 Å². The van der Waals surface area contributed by atoms with Gasteiger partial charge in [0, 0.05) is 24.2 Å². The first-order valence-corrected chi connectivity index (χ1v) is 13.1. The Bertz CT molecular complexity index is 1310. The molecule has 2 aromatic carbocycles. The molecule has 2 atom stereocenters. The summed E-state index contributed by atoms with van der Waals surface area (Å²) in [5, 5.41) is 33.1. The molecule has 9 heteroatoms. The zero-order chi connectivity index (χ0) is 25.2. The van der Waals surface area contributed by atoms with Crippen LogP contribution in [0.1, 0.15) is 55.8 Å². The fourth-order valence-corrected chi connectivity index (χ4v) is 5.83. The molecule has 2 heterocycles. The third kappa shape index (κ3) is 4.92. The highest BCUT2D eigenvalue weighted by Crippen LogP contribution is 2.40. The van der Waals surface area contributed by atoms with Crippen LogP contribution in [0, 0.1) is 11.3 Å². The summed E-state index contributed by atoms with van der Waals surface area (Å²) in [6.45, 7) is 4.92. The van der Waals surface area contributed by atoms with Gasteiger partial charge in [-0.2, -0.15) is 5.26 Å². The molecule has 2 amide bonds. The highest BCUT2D eigenvalue weighted by molar-refractivity contribution is 7.17. The fourth-order valence-electron chi connectivity index (χ4n) is 4.94. The number of likely N-dealkylation sites (tertiary alicyclic amines) is 1. The van der Waals surface area contributed by atoms with Crippen LogP contribution in [-0.4, -0.2) is 51.5 Å². The number of piperidine rings is 1. The van der Waals surface area contributed by atoms with Gasteiger partial charge in [0.25, 0.3) is 0 Å². The van der Waals surface area contributed by atoms with E-state index in [-0.39, 0.29) is 18.2 Å². The average Bonchev–Trinajstić information content (AvgIpc) is 3.52. The molecule has 1 saturated heterocycles. The van der Waals surface area contributed by atoms with Gasteiger partial charge in [0.2, 0.25) is 0 Å². The molecule has 2 N–H and O–H groups in total. The summed E-state index contributed by atoms with van der Waals surface area (Å²) in [5.41, 5.74) is 4.62. The lowest BCUT2D eigenvalue weighted by molar-refractivity contribution is 0.0833. The normalized spacial score (nSPS) is 19.1. The number of rotatable bonds is 5. The van der Waals surface area contributed by atoms with Crippen LogP contribution in [0.5, 0.6) is 5.75 Å². The van der Waals surface area contributed by atoms with E-state index in [1.807, 2.05) is 32.0 Å². The molecule has 8 nitrogen and oxygen atoms in total. The number of carbonyl (C=O) groups is 1. The summed E-state index contributed by atoms with van der Waals surface area (Å²) in [4.78, 5) is 14.5. The summed E-state index contributed by atoms with van der Waals surface area (Å²) >= 11 is 1.49. The molecule has 1 aliphatic carbocycles. The number of carbonyl (C=O) groups excluding carboxylic acids is 1. The number of aromatic nitrogens is 2. The second kappa shape index (κ2) is 10.2. The molecule has 1 fully saturated rings. The fraction of sp³-hybridized carbons (Fsp3) is 0.407. The predicted octanol–water partition coefficient (Wildman–Crippen LogP) is 4.68. The summed E-state index contributed by atoms with van der Waals surface area (Å²) in [6.07, 6.45) is 2.77. The van der Waals surface area contributed by atoms with Crippen molar-refractivity contribution in [2.45, 2.75) is 57.8 Å². The first kappa shape index (κ1) is 24.2. The predicted molar refractivity (Wildman–Crippen MR) is 138 cm³/mol. The van der Waals surface area contributed by atoms with E-state index in [4.69, 9.17) is 4.74 Å². The minimum absolute atomic E-state index is 0.0173. The number of benzene rings is 2. The molecule has 1 aromatic heterocycles. The van der Waals surface area contributed by atoms with Crippen LogP contribution in [0.25, 0.3) is 21.1 Å². The number of aliphatic hydroxyl groups excluding tert-OH is 1. The van der Waals surface area contributed by atoms with Crippen molar-refractivity contribution >= 4 is 17.4 Å². The van der Waals surface area contributed by atoms with E-state index in [0.717, 1.165) is 52.4 Å². The molecule has 3 aromatic rings. The lowest BCUT2D eigenvalue weighted by Crippen LogP contribution is -2.47. The number of amides is 2. The standard InChI is InChI=1S/C27H29N5O3S/c1-16(2)35-24-11-8-17(13-18(24)14-28)25-30-31-26(36-25)22-7-3-6-21-20(22)9-10-23(21)29-27(34)32-12-4-5-19(33)15-32/h3,6-8,11,13,16,19,23,33H,4-5,9-10,12,15H2,1-2H3,(H,29,34)/t19-,23-/m1/s1. The molecule has 5 rings (SSSR count). The van der Waals surface area contributed by atoms with Crippen LogP contribution < -0.4 is 10.1 Å². The van der Waals surface area contributed by atoms with E-state index in [9.17, 15) is 15.2 Å². The number of β-amino-alcohol motifs (C(OH)–C–C–N with tert-alkyl or cyclic N) is 1. The SMILES string of the molecule is CC(C)Oc1ccc(-c2nnc(-c3cccc4c3CC[C@H]4NC(=O)N3CCC[C@@H](O)C3)s2)cc1C#N. The number of aliphatic hydroxyl groups is 1. The van der Waals surface area contributed by atoms with Crippen molar-refractivity contribution in [3.05, 3.63) is 53.1 Å². The van der Waals surface area contributed by atoms with Gasteiger partial charge in [-0.1, -0.05) is 29.5 Å². The highest BCUT2D eigenvalue weighted by atomic mass is 32.1. The Morgan fingerprint density at radius 1 is 1.25 bits per heavy atom. The summed E-state index contributed by atoms with van der Waals surface area (Å²) < 4.78 is 5.73. The molecule has 0 bridgehead atoms. The maximum atomic E-state index is 12.8. The average molecular weight is 504 g/mol. The zero-order valence-electron chi connectivity index (χ0n) is 20.4. The second-order valence-corrected chi connectivity index (χ2v) is 10.5. The third-order valence-electron chi connectivity index (χ3n) is 6.62. The van der Waals surface area contributed by atoms with Crippen LogP contribution in [0.4, 0.5) is 4.79 Å². The third-order valence-corrected chi connectivity index (χ3v) is 7.62. The van der Waals surface area contributed by atoms with Crippen molar-refractivity contribution in [2.75, 3.05) is 13.1 Å². The minimum atomic E-state index is -0.443. The Morgan fingerprint density at radius 3 is 2.86 bits per heavy atom. The van der Waals surface area contributed by atoms with Gasteiger partial charge in [0.15, 0.2) is 0 Å². The van der Waals surface area contributed by atoms with Crippen LogP contribution in [-0.2, 0) is 6.42 Å². The molecule has 0 spiro atoms. The van der Waals surface area contributed by atoms with E-state index in [1.165, 1.54) is 16.9 Å². The van der Waals surface area contributed by atoms with E-state index < -0.39 is 6.10 Å². The van der Waals surface area contributed by atoms with E-state index in [0.29, 0.717) is 24.4 Å². The van der Waals surface area contributed by atoms with Crippen LogP contribution in [0.3, 0.4) is 0 Å². The number of hydrogen-bond acceptors (Lipinski definition) is 7. The Morgan fingerprint density at radius 2 is 2.08 bits per heavy atom. The molecule has 0 radical (unpaired) electrons. The van der Waals surface area contributed by atoms with E-state index in [1.54, 1.807) is 11.0 Å². The van der Waals surface area contributed by atoms with Crippen molar-refractivity contribution in [2.24, 2.45) is 0 Å². The van der Waals surface area contributed by atoms with Crippen molar-refractivity contribution < 1.29 is 14.6 Å². The van der Waals surface area contributed by atoms with Gasteiger partial charge in [-0.3, -0.25) is 0 Å². The van der Waals surface area contributed by atoms with Gasteiger partial charge < -0.3 is 20.1 Å². The largest absolute Gasteiger partial charge is 0.490 e. The summed E-state index contributed by atoms with van der Waals surface area (Å²) in [6, 6.07) is 13.6. The van der Waals surface area contributed by atoms with E-state index in [2.05, 4.69) is 33.7 Å². The number of nitrogens with zero attached hydrogens (tertiary/aromatic N) is 4. The van der Waals surface area contributed by atoms with Crippen LogP contribution in [0.2, 0.25) is 0 Å². The zero-order valence-corrected chi connectivity index (χ0v) is 21.2. The Kier molecular flexibility index (Phi) is 6.90. The van der Waals surface area contributed by atoms with Gasteiger partial charge >= 0.3 is 6.03 Å². The smallest absolute Gasteiger partial charge is 0.317 e. The second-order valence-electron chi connectivity index (χ2n) is 9.56. The van der Waals surface area contributed by atoms with Gasteiger partial charge in [-0.25, -0.2) is 4.79 Å². The molecule has 0 saturated carbocycles. The van der Waals surface area contributed by atoms with Gasteiger partial charge in [0.1, 0.15) is 21.8 Å². The summed E-state index contributed by atoms with van der Waals surface area (Å²) in [7, 11) is 0. The maximum Gasteiger partial charge on any atom is 0.317 e. The van der Waals surface area contributed by atoms with Crippen molar-refractivity contribution in [3.8, 4) is 33.0 Å². The van der Waals surface area contributed by atoms with Crippen LogP contribution >= 0.6 is 11.3 Å². The molecule has 1 aliphatic heterocycles. The Labute approximate surface area is 214 Å². The summed E-state index contributed by atoms with van der Waals surface area (Å²) in [5.74, 6) is 0.564. The van der Waals surface area contributed by atoms with Gasteiger partial charge in [-0.15, -0.1) is 10.2 Å². The number of nitriles is 1. The molecular weight excluding hydrogens is 474 g/mol. The number of nitrogens with one attached hydrogen (secondary N) is 1. The number of hydrogen-bond donors (Lipinski definition) is 2. The molecule has 2 aliphatic rings. The Hall–Kier alpha value is -3.48. The first-order chi connectivity index (χ1) is 17.4. The number of urea groups is 1. The van der Waals surface area contributed by atoms with Crippen LogP contribution in [0.15, 0.2) is 36.4 Å². The molecule has 0 unspecified atom stereocenters. The lowest BCUT2D eigenvalue weighted by atomic mass is 10.0. The molecule has 186 valence electrons. The van der Waals surface area contributed by atoms with Gasteiger partial charge in [0.05, 0.1) is 23.8 Å². The van der Waals surface area contributed by atoms with Crippen molar-refractivity contribution in [1.29, 1.82) is 5.26 Å².